The van der Waals surface area contributed by atoms with Gasteiger partial charge in [0.15, 0.2) is 5.96 Å². The van der Waals surface area contributed by atoms with Gasteiger partial charge >= 0.3 is 0 Å². The number of aryl methyl sites for hydroxylation is 1. The molecule has 8 heteroatoms. The van der Waals surface area contributed by atoms with Crippen molar-refractivity contribution < 1.29 is 9.59 Å². The van der Waals surface area contributed by atoms with Crippen LogP contribution in [0.15, 0.2) is 29.3 Å². The highest BCUT2D eigenvalue weighted by molar-refractivity contribution is 14.0. The van der Waals surface area contributed by atoms with E-state index in [1.54, 1.807) is 0 Å². The molecule has 1 aliphatic heterocycles. The molecule has 7 nitrogen and oxygen atoms in total. The van der Waals surface area contributed by atoms with Gasteiger partial charge < -0.3 is 20.9 Å². The zero-order valence-electron chi connectivity index (χ0n) is 16.8. The van der Waals surface area contributed by atoms with E-state index < -0.39 is 0 Å². The van der Waals surface area contributed by atoms with Gasteiger partial charge in [0.1, 0.15) is 6.54 Å². The molecule has 28 heavy (non-hydrogen) atoms. The highest BCUT2D eigenvalue weighted by atomic mass is 127. The summed E-state index contributed by atoms with van der Waals surface area (Å²) in [6.45, 7) is 7.17. The zero-order chi connectivity index (χ0) is 19.5. The number of guanidine groups is 1. The van der Waals surface area contributed by atoms with Crippen molar-refractivity contribution in [2.75, 3.05) is 38.0 Å². The summed E-state index contributed by atoms with van der Waals surface area (Å²) in [7, 11) is 0. The van der Waals surface area contributed by atoms with Gasteiger partial charge in [-0.25, -0.2) is 4.99 Å². The molecule has 3 N–H and O–H groups in total. The first-order valence-corrected chi connectivity index (χ1v) is 9.81. The monoisotopic (exact) mass is 501 g/mol. The van der Waals surface area contributed by atoms with Crippen molar-refractivity contribution in [3.63, 3.8) is 0 Å². The van der Waals surface area contributed by atoms with Gasteiger partial charge in [-0.15, -0.1) is 24.0 Å². The van der Waals surface area contributed by atoms with Crippen molar-refractivity contribution in [2.45, 2.75) is 39.5 Å². The standard InChI is InChI=1S/C20H31N5O2.HI/c1-3-16-8-5-9-17(14-16)24-18(26)15-23-20(21-4-2)22-11-7-13-25-12-6-10-19(25)27;/h5,8-9,14H,3-4,6-7,10-13,15H2,1-2H3,(H,24,26)(H2,21,22,23);1H. The van der Waals surface area contributed by atoms with Crippen molar-refractivity contribution >= 4 is 47.4 Å². The molecule has 1 fully saturated rings. The number of anilines is 1. The Kier molecular flexibility index (Phi) is 11.5. The maximum atomic E-state index is 12.1. The number of rotatable bonds is 9. The van der Waals surface area contributed by atoms with E-state index in [4.69, 9.17) is 0 Å². The molecule has 1 aliphatic rings. The third kappa shape index (κ3) is 8.45. The predicted molar refractivity (Wildman–Crippen MR) is 124 cm³/mol. The Balaban J connectivity index is 0.00000392. The lowest BCUT2D eigenvalue weighted by Gasteiger charge is -2.16. The number of carbonyl (C=O) groups is 2. The molecule has 0 aromatic heterocycles. The highest BCUT2D eigenvalue weighted by Gasteiger charge is 2.18. The first kappa shape index (κ1) is 24.2. The largest absolute Gasteiger partial charge is 0.357 e. The summed E-state index contributed by atoms with van der Waals surface area (Å²) in [5.41, 5.74) is 1.98. The van der Waals surface area contributed by atoms with Crippen LogP contribution in [0.4, 0.5) is 5.69 Å². The molecule has 1 heterocycles. The van der Waals surface area contributed by atoms with Crippen LogP contribution in [-0.4, -0.2) is 55.4 Å². The molecule has 2 amide bonds. The number of halogens is 1. The van der Waals surface area contributed by atoms with Crippen LogP contribution in [0.2, 0.25) is 0 Å². The number of benzene rings is 1. The van der Waals surface area contributed by atoms with Gasteiger partial charge in [-0.05, 0) is 43.9 Å². The van der Waals surface area contributed by atoms with E-state index in [0.29, 0.717) is 18.9 Å². The summed E-state index contributed by atoms with van der Waals surface area (Å²) < 4.78 is 0. The summed E-state index contributed by atoms with van der Waals surface area (Å²) >= 11 is 0. The molecule has 1 aromatic carbocycles. The van der Waals surface area contributed by atoms with E-state index in [2.05, 4.69) is 27.9 Å². The van der Waals surface area contributed by atoms with Crippen LogP contribution in [0.5, 0.6) is 0 Å². The fourth-order valence-corrected chi connectivity index (χ4v) is 2.98. The number of nitrogens with one attached hydrogen (secondary N) is 3. The van der Waals surface area contributed by atoms with E-state index in [0.717, 1.165) is 44.6 Å². The van der Waals surface area contributed by atoms with Crippen LogP contribution in [0.1, 0.15) is 38.7 Å². The van der Waals surface area contributed by atoms with E-state index >= 15 is 0 Å². The molecule has 2 rings (SSSR count). The van der Waals surface area contributed by atoms with Gasteiger partial charge in [0.05, 0.1) is 0 Å². The number of hydrogen-bond acceptors (Lipinski definition) is 3. The molecule has 0 aliphatic carbocycles. The smallest absolute Gasteiger partial charge is 0.246 e. The Morgan fingerprint density at radius 2 is 2.07 bits per heavy atom. The van der Waals surface area contributed by atoms with E-state index in [-0.39, 0.29) is 42.3 Å². The van der Waals surface area contributed by atoms with Crippen molar-refractivity contribution in [1.29, 1.82) is 0 Å². The van der Waals surface area contributed by atoms with Crippen LogP contribution in [-0.2, 0) is 16.0 Å². The molecular formula is C20H32IN5O2. The number of likely N-dealkylation sites (tertiary alicyclic amines) is 1. The molecule has 0 radical (unpaired) electrons. The number of aliphatic imine (C=N–C) groups is 1. The minimum Gasteiger partial charge on any atom is -0.357 e. The maximum absolute atomic E-state index is 12.1. The number of nitrogens with zero attached hydrogens (tertiary/aromatic N) is 2. The molecule has 0 bridgehead atoms. The lowest BCUT2D eigenvalue weighted by Crippen LogP contribution is -2.39. The first-order chi connectivity index (χ1) is 13.1. The average Bonchev–Trinajstić information content (AvgIpc) is 3.08. The van der Waals surface area contributed by atoms with Crippen LogP contribution in [0.25, 0.3) is 0 Å². The summed E-state index contributed by atoms with van der Waals surface area (Å²) in [6, 6.07) is 7.83. The summed E-state index contributed by atoms with van der Waals surface area (Å²) in [4.78, 5) is 30.0. The molecule has 0 saturated carbocycles. The lowest BCUT2D eigenvalue weighted by molar-refractivity contribution is -0.127. The molecule has 156 valence electrons. The SMILES string of the molecule is CCNC(=NCC(=O)Nc1cccc(CC)c1)NCCCN1CCCC1=O.I. The van der Waals surface area contributed by atoms with Gasteiger partial charge in [0.25, 0.3) is 0 Å². The van der Waals surface area contributed by atoms with E-state index in [1.807, 2.05) is 36.1 Å². The minimum absolute atomic E-state index is 0. The summed E-state index contributed by atoms with van der Waals surface area (Å²) in [6.07, 6.45) is 3.42. The van der Waals surface area contributed by atoms with Crippen LogP contribution >= 0.6 is 24.0 Å². The lowest BCUT2D eigenvalue weighted by atomic mass is 10.1. The quantitative estimate of drug-likeness (QED) is 0.210. The van der Waals surface area contributed by atoms with Crippen molar-refractivity contribution in [3.8, 4) is 0 Å². The summed E-state index contributed by atoms with van der Waals surface area (Å²) in [5, 5.41) is 9.23. The molecular weight excluding hydrogens is 469 g/mol. The third-order valence-electron chi connectivity index (χ3n) is 4.41. The first-order valence-electron chi connectivity index (χ1n) is 9.81. The number of amides is 2. The molecule has 1 aromatic rings. The van der Waals surface area contributed by atoms with Crippen molar-refractivity contribution in [1.82, 2.24) is 15.5 Å². The second kappa shape index (κ2) is 13.4. The van der Waals surface area contributed by atoms with Crippen LogP contribution in [0.3, 0.4) is 0 Å². The van der Waals surface area contributed by atoms with Gasteiger partial charge in [-0.2, -0.15) is 0 Å². The minimum atomic E-state index is -0.150. The fourth-order valence-electron chi connectivity index (χ4n) is 2.98. The molecule has 0 unspecified atom stereocenters. The second-order valence-corrected chi connectivity index (χ2v) is 6.56. The third-order valence-corrected chi connectivity index (χ3v) is 4.41. The second-order valence-electron chi connectivity index (χ2n) is 6.56. The van der Waals surface area contributed by atoms with E-state index in [9.17, 15) is 9.59 Å². The average molecular weight is 501 g/mol. The molecule has 1 saturated heterocycles. The van der Waals surface area contributed by atoms with Crippen molar-refractivity contribution in [2.24, 2.45) is 4.99 Å². The highest BCUT2D eigenvalue weighted by Crippen LogP contribution is 2.11. The Labute approximate surface area is 184 Å². The predicted octanol–water partition coefficient (Wildman–Crippen LogP) is 2.37. The molecule has 0 spiro atoms. The fraction of sp³-hybridized carbons (Fsp3) is 0.550. The Morgan fingerprint density at radius 1 is 1.25 bits per heavy atom. The molecule has 0 atom stereocenters. The normalized spacial score (nSPS) is 13.9. The van der Waals surface area contributed by atoms with Crippen molar-refractivity contribution in [3.05, 3.63) is 29.8 Å². The van der Waals surface area contributed by atoms with Gasteiger partial charge in [0.2, 0.25) is 11.8 Å². The van der Waals surface area contributed by atoms with Crippen LogP contribution < -0.4 is 16.0 Å². The van der Waals surface area contributed by atoms with Crippen LogP contribution in [0, 0.1) is 0 Å². The Hall–Kier alpha value is -1.84. The van der Waals surface area contributed by atoms with E-state index in [1.165, 1.54) is 5.56 Å². The summed E-state index contributed by atoms with van der Waals surface area (Å²) in [5.74, 6) is 0.713. The van der Waals surface area contributed by atoms with Gasteiger partial charge in [0, 0.05) is 38.3 Å². The topological polar surface area (TPSA) is 85.8 Å². The number of carbonyl (C=O) groups excluding carboxylic acids is 2. The maximum Gasteiger partial charge on any atom is 0.246 e. The Bertz CT molecular complexity index is 666. The van der Waals surface area contributed by atoms with Gasteiger partial charge in [-0.3, -0.25) is 9.59 Å². The van der Waals surface area contributed by atoms with Gasteiger partial charge in [-0.1, -0.05) is 19.1 Å². The number of hydrogen-bond donors (Lipinski definition) is 3. The Morgan fingerprint density at radius 3 is 2.75 bits per heavy atom. The zero-order valence-corrected chi connectivity index (χ0v) is 19.1.